The predicted molar refractivity (Wildman–Crippen MR) is 74.0 cm³/mol. The molecular formula is C13H21BrN2O. The second-order valence-corrected chi connectivity index (χ2v) is 5.60. The molecule has 0 aliphatic carbocycles. The van der Waals surface area contributed by atoms with Crippen LogP contribution in [0.5, 0.6) is 0 Å². The van der Waals surface area contributed by atoms with Gasteiger partial charge in [-0.15, -0.1) is 0 Å². The molecule has 0 saturated heterocycles. The molecule has 1 aromatic heterocycles. The lowest BCUT2D eigenvalue weighted by Gasteiger charge is -2.23. The van der Waals surface area contributed by atoms with Crippen molar-refractivity contribution in [2.24, 2.45) is 0 Å². The summed E-state index contributed by atoms with van der Waals surface area (Å²) in [6.07, 6.45) is 6.06. The highest BCUT2D eigenvalue weighted by atomic mass is 79.9. The normalized spacial score (nSPS) is 14.6. The summed E-state index contributed by atoms with van der Waals surface area (Å²) in [6.45, 7) is 5.87. The Balaban J connectivity index is 2.42. The minimum atomic E-state index is -0.677. The zero-order valence-electron chi connectivity index (χ0n) is 10.5. The highest BCUT2D eigenvalue weighted by molar-refractivity contribution is 9.10. The number of aliphatic hydroxyl groups is 1. The summed E-state index contributed by atoms with van der Waals surface area (Å²) < 4.78 is 0.954. The zero-order valence-corrected chi connectivity index (χ0v) is 12.1. The molecule has 1 heterocycles. The van der Waals surface area contributed by atoms with Crippen LogP contribution in [0.15, 0.2) is 22.9 Å². The van der Waals surface area contributed by atoms with E-state index >= 15 is 0 Å². The van der Waals surface area contributed by atoms with Gasteiger partial charge in [0.15, 0.2) is 0 Å². The number of aromatic nitrogens is 1. The van der Waals surface area contributed by atoms with Gasteiger partial charge in [0.2, 0.25) is 0 Å². The van der Waals surface area contributed by atoms with Crippen LogP contribution < -0.4 is 5.32 Å². The van der Waals surface area contributed by atoms with Crippen LogP contribution in [0, 0.1) is 0 Å². The molecule has 0 radical (unpaired) electrons. The fraction of sp³-hybridized carbons (Fsp3) is 0.615. The van der Waals surface area contributed by atoms with E-state index in [-0.39, 0.29) is 0 Å². The molecule has 1 rings (SSSR count). The van der Waals surface area contributed by atoms with Crippen molar-refractivity contribution in [2.75, 3.05) is 13.1 Å². The summed E-state index contributed by atoms with van der Waals surface area (Å²) in [5.74, 6) is 0. The van der Waals surface area contributed by atoms with Crippen LogP contribution in [0.25, 0.3) is 0 Å². The minimum absolute atomic E-state index is 0.632. The third kappa shape index (κ3) is 6.15. The largest absolute Gasteiger partial charge is 0.390 e. The molecule has 0 aliphatic heterocycles. The lowest BCUT2D eigenvalue weighted by Crippen LogP contribution is -2.32. The summed E-state index contributed by atoms with van der Waals surface area (Å²) in [5, 5.41) is 13.6. The van der Waals surface area contributed by atoms with Crippen LogP contribution >= 0.6 is 15.9 Å². The summed E-state index contributed by atoms with van der Waals surface area (Å²) in [6, 6.07) is 2.00. The Hall–Kier alpha value is -0.450. The minimum Gasteiger partial charge on any atom is -0.390 e. The number of hydrogen-bond acceptors (Lipinski definition) is 3. The van der Waals surface area contributed by atoms with Crippen molar-refractivity contribution in [2.45, 2.75) is 38.7 Å². The van der Waals surface area contributed by atoms with Gasteiger partial charge < -0.3 is 10.4 Å². The average molecular weight is 301 g/mol. The van der Waals surface area contributed by atoms with Gasteiger partial charge in [-0.05, 0) is 60.4 Å². The second kappa shape index (κ2) is 7.09. The molecule has 4 heteroatoms. The van der Waals surface area contributed by atoms with Crippen molar-refractivity contribution in [3.05, 3.63) is 28.5 Å². The Morgan fingerprint density at radius 2 is 2.18 bits per heavy atom. The fourth-order valence-electron chi connectivity index (χ4n) is 1.74. The molecule has 0 fully saturated rings. The number of nitrogens with one attached hydrogen (secondary N) is 1. The van der Waals surface area contributed by atoms with E-state index in [1.54, 1.807) is 12.4 Å². The lowest BCUT2D eigenvalue weighted by molar-refractivity contribution is 0.0515. The number of rotatable bonds is 7. The number of hydrogen-bond donors (Lipinski definition) is 2. The van der Waals surface area contributed by atoms with Crippen molar-refractivity contribution >= 4 is 15.9 Å². The van der Waals surface area contributed by atoms with Gasteiger partial charge in [0, 0.05) is 23.3 Å². The molecule has 17 heavy (non-hydrogen) atoms. The van der Waals surface area contributed by atoms with E-state index in [2.05, 4.69) is 33.2 Å². The van der Waals surface area contributed by atoms with Gasteiger partial charge in [-0.3, -0.25) is 4.98 Å². The van der Waals surface area contributed by atoms with Crippen molar-refractivity contribution in [1.29, 1.82) is 0 Å². The maximum absolute atomic E-state index is 10.3. The molecule has 1 atom stereocenters. The molecule has 1 aromatic rings. The van der Waals surface area contributed by atoms with Crippen molar-refractivity contribution in [3.8, 4) is 0 Å². The number of nitrogens with zero attached hydrogens (tertiary/aromatic N) is 1. The lowest BCUT2D eigenvalue weighted by atomic mass is 9.94. The van der Waals surface area contributed by atoms with Gasteiger partial charge in [-0.2, -0.15) is 0 Å². The first-order valence-corrected chi connectivity index (χ1v) is 6.85. The number of pyridine rings is 1. The van der Waals surface area contributed by atoms with Gasteiger partial charge in [0.25, 0.3) is 0 Å². The van der Waals surface area contributed by atoms with Crippen LogP contribution in [0.1, 0.15) is 32.3 Å². The van der Waals surface area contributed by atoms with E-state index in [1.807, 2.05) is 13.0 Å². The molecule has 96 valence electrons. The van der Waals surface area contributed by atoms with Crippen molar-refractivity contribution in [1.82, 2.24) is 10.3 Å². The summed E-state index contributed by atoms with van der Waals surface area (Å²) >= 11 is 3.39. The topological polar surface area (TPSA) is 45.1 Å². The van der Waals surface area contributed by atoms with Crippen LogP contribution in [0.3, 0.4) is 0 Å². The Morgan fingerprint density at radius 1 is 1.41 bits per heavy atom. The van der Waals surface area contributed by atoms with E-state index in [1.165, 1.54) is 0 Å². The highest BCUT2D eigenvalue weighted by Crippen LogP contribution is 2.18. The van der Waals surface area contributed by atoms with Gasteiger partial charge in [-0.25, -0.2) is 0 Å². The smallest absolute Gasteiger partial charge is 0.0672 e. The predicted octanol–water partition coefficient (Wildman–Crippen LogP) is 2.53. The standard InChI is InChI=1S/C13H21BrN2O/c1-3-5-15-6-4-13(2,17)8-11-7-12(14)10-16-9-11/h7,9-10,15,17H,3-6,8H2,1-2H3. The van der Waals surface area contributed by atoms with E-state index in [9.17, 15) is 5.11 Å². The van der Waals surface area contributed by atoms with Crippen LogP contribution in [0.4, 0.5) is 0 Å². The SMILES string of the molecule is CCCNCCC(C)(O)Cc1cncc(Br)c1. The fourth-order valence-corrected chi connectivity index (χ4v) is 2.15. The quantitative estimate of drug-likeness (QED) is 0.761. The van der Waals surface area contributed by atoms with Gasteiger partial charge in [0.1, 0.15) is 0 Å². The Morgan fingerprint density at radius 3 is 2.82 bits per heavy atom. The summed E-state index contributed by atoms with van der Waals surface area (Å²) in [5.41, 5.74) is 0.378. The monoisotopic (exact) mass is 300 g/mol. The van der Waals surface area contributed by atoms with Gasteiger partial charge in [-0.1, -0.05) is 6.92 Å². The Labute approximate surface area is 112 Å². The van der Waals surface area contributed by atoms with Crippen LogP contribution in [0.2, 0.25) is 0 Å². The number of halogens is 1. The molecule has 0 bridgehead atoms. The molecule has 1 unspecified atom stereocenters. The van der Waals surface area contributed by atoms with Gasteiger partial charge >= 0.3 is 0 Å². The highest BCUT2D eigenvalue weighted by Gasteiger charge is 2.20. The molecule has 0 spiro atoms. The van der Waals surface area contributed by atoms with Crippen molar-refractivity contribution < 1.29 is 5.11 Å². The summed E-state index contributed by atoms with van der Waals surface area (Å²) in [7, 11) is 0. The van der Waals surface area contributed by atoms with Gasteiger partial charge in [0.05, 0.1) is 5.60 Å². The first kappa shape index (κ1) is 14.6. The molecule has 0 aromatic carbocycles. The van der Waals surface area contributed by atoms with E-state index < -0.39 is 5.60 Å². The molecule has 0 aliphatic rings. The van der Waals surface area contributed by atoms with Crippen LogP contribution in [-0.2, 0) is 6.42 Å². The zero-order chi connectivity index (χ0) is 12.7. The van der Waals surface area contributed by atoms with Crippen molar-refractivity contribution in [3.63, 3.8) is 0 Å². The average Bonchev–Trinajstić information content (AvgIpc) is 2.24. The Bertz CT molecular complexity index is 342. The second-order valence-electron chi connectivity index (χ2n) is 4.69. The van der Waals surface area contributed by atoms with E-state index in [0.29, 0.717) is 6.42 Å². The third-order valence-electron chi connectivity index (χ3n) is 2.61. The molecule has 0 amide bonds. The molecule has 3 nitrogen and oxygen atoms in total. The Kier molecular flexibility index (Phi) is 6.09. The molecule has 0 saturated carbocycles. The van der Waals surface area contributed by atoms with E-state index in [0.717, 1.165) is 36.0 Å². The third-order valence-corrected chi connectivity index (χ3v) is 3.05. The van der Waals surface area contributed by atoms with E-state index in [4.69, 9.17) is 0 Å². The van der Waals surface area contributed by atoms with Crippen LogP contribution in [-0.4, -0.2) is 28.8 Å². The summed E-state index contributed by atoms with van der Waals surface area (Å²) in [4.78, 5) is 4.10. The molecular weight excluding hydrogens is 280 g/mol. The first-order valence-electron chi connectivity index (χ1n) is 6.06. The maximum atomic E-state index is 10.3. The first-order chi connectivity index (χ1) is 8.03. The molecule has 2 N–H and O–H groups in total. The maximum Gasteiger partial charge on any atom is 0.0672 e.